The molecule has 0 amide bonds. The number of benzene rings is 2. The summed E-state index contributed by atoms with van der Waals surface area (Å²) in [6, 6.07) is 7.76. The summed E-state index contributed by atoms with van der Waals surface area (Å²) in [5, 5.41) is 57.7. The Morgan fingerprint density at radius 1 is 0.750 bits per heavy atom. The summed E-state index contributed by atoms with van der Waals surface area (Å²) < 4.78 is 10.5. The van der Waals surface area contributed by atoms with Gasteiger partial charge in [0.25, 0.3) is 0 Å². The van der Waals surface area contributed by atoms with Gasteiger partial charge in [-0.15, -0.1) is 0 Å². The number of aromatic hydroxyl groups is 4. The number of hydrogen-bond acceptors (Lipinski definition) is 10. The number of carboxylic acid groups (broad SMARTS) is 1. The van der Waals surface area contributed by atoms with Gasteiger partial charge < -0.3 is 40.1 Å². The molecule has 2 atom stereocenters. The van der Waals surface area contributed by atoms with Gasteiger partial charge in [0.15, 0.2) is 28.6 Å². The zero-order valence-corrected chi connectivity index (χ0v) is 18.8. The monoisotopic (exact) mass is 500 g/mol. The van der Waals surface area contributed by atoms with E-state index in [4.69, 9.17) is 9.47 Å². The predicted octanol–water partition coefficient (Wildman–Crippen LogP) is 2.06. The van der Waals surface area contributed by atoms with Crippen LogP contribution in [0.3, 0.4) is 0 Å². The van der Waals surface area contributed by atoms with Crippen molar-refractivity contribution in [3.63, 3.8) is 0 Å². The van der Waals surface area contributed by atoms with E-state index >= 15 is 0 Å². The van der Waals surface area contributed by atoms with Gasteiger partial charge in [-0.2, -0.15) is 0 Å². The van der Waals surface area contributed by atoms with Crippen molar-refractivity contribution < 1.29 is 54.5 Å². The largest absolute Gasteiger partial charge is 0.504 e. The molecule has 0 heterocycles. The molecule has 0 bridgehead atoms. The molecule has 6 N–H and O–H groups in total. The molecular weight excluding hydrogens is 476 g/mol. The topological polar surface area (TPSA) is 191 Å². The van der Waals surface area contributed by atoms with Crippen LogP contribution in [0.4, 0.5) is 0 Å². The van der Waals surface area contributed by atoms with Crippen LogP contribution in [-0.2, 0) is 23.9 Å². The first-order chi connectivity index (χ1) is 16.9. The fraction of sp³-hybridized carbons (Fsp3) is 0.240. The number of carbonyl (C=O) groups is 3. The lowest BCUT2D eigenvalue weighted by Crippen LogP contribution is -2.51. The maximum atomic E-state index is 12.2. The van der Waals surface area contributed by atoms with E-state index < -0.39 is 48.6 Å². The summed E-state index contributed by atoms with van der Waals surface area (Å²) in [5.74, 6) is -4.72. The molecule has 0 aromatic heterocycles. The Labute approximate surface area is 204 Å². The van der Waals surface area contributed by atoms with E-state index in [1.165, 1.54) is 48.6 Å². The van der Waals surface area contributed by atoms with Gasteiger partial charge in [0.05, 0.1) is 0 Å². The van der Waals surface area contributed by atoms with Gasteiger partial charge in [-0.05, 0) is 47.5 Å². The van der Waals surface area contributed by atoms with E-state index in [0.29, 0.717) is 11.1 Å². The van der Waals surface area contributed by atoms with Crippen molar-refractivity contribution in [2.24, 2.45) is 0 Å². The van der Waals surface area contributed by atoms with Crippen LogP contribution in [0.1, 0.15) is 30.4 Å². The molecule has 3 rings (SSSR count). The molecule has 1 aliphatic rings. The summed E-state index contributed by atoms with van der Waals surface area (Å²) in [7, 11) is 0. The van der Waals surface area contributed by atoms with E-state index in [2.05, 4.69) is 0 Å². The molecule has 1 saturated carbocycles. The van der Waals surface area contributed by atoms with Crippen LogP contribution in [0.5, 0.6) is 23.0 Å². The highest BCUT2D eigenvalue weighted by Gasteiger charge is 2.47. The summed E-state index contributed by atoms with van der Waals surface area (Å²) in [5.41, 5.74) is -1.53. The molecule has 2 aromatic carbocycles. The van der Waals surface area contributed by atoms with Crippen molar-refractivity contribution in [2.45, 2.75) is 37.1 Å². The van der Waals surface area contributed by atoms with Crippen LogP contribution in [0, 0.1) is 0 Å². The summed E-state index contributed by atoms with van der Waals surface area (Å²) in [4.78, 5) is 36.1. The minimum Gasteiger partial charge on any atom is -0.504 e. The predicted molar refractivity (Wildman–Crippen MR) is 124 cm³/mol. The maximum absolute atomic E-state index is 12.2. The highest BCUT2D eigenvalue weighted by molar-refractivity contribution is 5.88. The minimum atomic E-state index is -2.30. The van der Waals surface area contributed by atoms with E-state index in [1.54, 1.807) is 0 Å². The Hall–Kier alpha value is -4.51. The van der Waals surface area contributed by atoms with Gasteiger partial charge in [-0.1, -0.05) is 12.1 Å². The average molecular weight is 500 g/mol. The highest BCUT2D eigenvalue weighted by Crippen LogP contribution is 2.33. The van der Waals surface area contributed by atoms with E-state index in [9.17, 15) is 45.0 Å². The fourth-order valence-electron chi connectivity index (χ4n) is 3.67. The van der Waals surface area contributed by atoms with Gasteiger partial charge in [-0.3, -0.25) is 0 Å². The zero-order chi connectivity index (χ0) is 26.5. The third-order valence-electron chi connectivity index (χ3n) is 5.44. The molecule has 36 heavy (non-hydrogen) atoms. The molecule has 1 aliphatic carbocycles. The van der Waals surface area contributed by atoms with Crippen molar-refractivity contribution in [3.8, 4) is 23.0 Å². The third-order valence-corrected chi connectivity index (χ3v) is 5.44. The van der Waals surface area contributed by atoms with Crippen LogP contribution in [0.25, 0.3) is 12.2 Å². The fourth-order valence-corrected chi connectivity index (χ4v) is 3.67. The first kappa shape index (κ1) is 26.1. The second-order valence-corrected chi connectivity index (χ2v) is 8.26. The Kier molecular flexibility index (Phi) is 7.85. The number of esters is 2. The molecule has 11 nitrogen and oxygen atoms in total. The Balaban J connectivity index is 1.65. The molecule has 2 aromatic rings. The van der Waals surface area contributed by atoms with Crippen molar-refractivity contribution >= 4 is 30.1 Å². The van der Waals surface area contributed by atoms with Gasteiger partial charge in [-0.25, -0.2) is 14.4 Å². The first-order valence-corrected chi connectivity index (χ1v) is 10.7. The smallest absolute Gasteiger partial charge is 0.335 e. The lowest BCUT2D eigenvalue weighted by Gasteiger charge is -2.37. The van der Waals surface area contributed by atoms with Crippen molar-refractivity contribution in [2.75, 3.05) is 0 Å². The Morgan fingerprint density at radius 3 is 1.53 bits per heavy atom. The quantitative estimate of drug-likeness (QED) is 0.185. The van der Waals surface area contributed by atoms with Crippen molar-refractivity contribution in [1.29, 1.82) is 0 Å². The number of phenolic OH excluding ortho intramolecular Hbond substituents is 4. The van der Waals surface area contributed by atoms with E-state index in [1.807, 2.05) is 0 Å². The summed E-state index contributed by atoms with van der Waals surface area (Å²) in [6.45, 7) is 0. The summed E-state index contributed by atoms with van der Waals surface area (Å²) >= 11 is 0. The van der Waals surface area contributed by atoms with Crippen LogP contribution in [0.2, 0.25) is 0 Å². The Morgan fingerprint density at radius 2 is 1.17 bits per heavy atom. The highest BCUT2D eigenvalue weighted by atomic mass is 16.6. The Bertz CT molecular complexity index is 1130. The number of phenols is 4. The van der Waals surface area contributed by atoms with Crippen LogP contribution < -0.4 is 0 Å². The van der Waals surface area contributed by atoms with Crippen molar-refractivity contribution in [3.05, 3.63) is 59.7 Å². The second-order valence-electron chi connectivity index (χ2n) is 8.26. The number of carbonyl (C=O) groups excluding carboxylic acids is 2. The molecule has 2 unspecified atom stereocenters. The lowest BCUT2D eigenvalue weighted by atomic mass is 9.81. The SMILES string of the molecule is O=C(/C=C/c1ccc(O)c(O)c1)OC1CC(OC(=O)/C=C/c2ccc(O)c(O)c2)CC(O)(C(=O)O)C1. The van der Waals surface area contributed by atoms with Crippen LogP contribution >= 0.6 is 0 Å². The summed E-state index contributed by atoms with van der Waals surface area (Å²) in [6.07, 6.45) is 1.59. The molecule has 0 radical (unpaired) electrons. The molecule has 190 valence electrons. The van der Waals surface area contributed by atoms with Crippen molar-refractivity contribution in [1.82, 2.24) is 0 Å². The standard InChI is InChI=1S/C25H24O11/c26-18-5-1-14(9-20(18)28)3-7-22(30)35-16-11-17(13-25(34,12-16)24(32)33)36-23(31)8-4-15-2-6-19(27)21(29)10-15/h1-10,16-17,26-29,34H,11-13H2,(H,32,33)/b7-3+,8-4+. The molecule has 0 saturated heterocycles. The molecular formula is C25H24O11. The zero-order valence-electron chi connectivity index (χ0n) is 18.8. The number of aliphatic hydroxyl groups is 1. The number of rotatable bonds is 7. The molecule has 11 heteroatoms. The van der Waals surface area contributed by atoms with Gasteiger partial charge in [0.2, 0.25) is 0 Å². The lowest BCUT2D eigenvalue weighted by molar-refractivity contribution is -0.183. The van der Waals surface area contributed by atoms with E-state index in [-0.39, 0.29) is 29.4 Å². The van der Waals surface area contributed by atoms with Crippen LogP contribution in [-0.4, -0.2) is 66.4 Å². The van der Waals surface area contributed by atoms with Gasteiger partial charge in [0, 0.05) is 31.4 Å². The number of ether oxygens (including phenoxy) is 2. The second kappa shape index (κ2) is 10.8. The first-order valence-electron chi connectivity index (χ1n) is 10.7. The minimum absolute atomic E-state index is 0.0608. The maximum Gasteiger partial charge on any atom is 0.335 e. The van der Waals surface area contributed by atoms with E-state index in [0.717, 1.165) is 12.2 Å². The van der Waals surface area contributed by atoms with Gasteiger partial charge in [0.1, 0.15) is 12.2 Å². The molecule has 0 aliphatic heterocycles. The number of carboxylic acids is 1. The van der Waals surface area contributed by atoms with Gasteiger partial charge >= 0.3 is 17.9 Å². The number of hydrogen-bond donors (Lipinski definition) is 6. The average Bonchev–Trinajstić information content (AvgIpc) is 2.80. The molecule has 1 fully saturated rings. The van der Waals surface area contributed by atoms with Crippen LogP contribution in [0.15, 0.2) is 48.6 Å². The molecule has 0 spiro atoms. The number of aliphatic carboxylic acids is 1. The normalized spacial score (nSPS) is 21.9. The third kappa shape index (κ3) is 6.76.